The molecule has 3 rings (SSSR count). The van der Waals surface area contributed by atoms with Gasteiger partial charge in [0.15, 0.2) is 0 Å². The molecule has 5 nitrogen and oxygen atoms in total. The molecule has 1 aromatic rings. The first kappa shape index (κ1) is 14.6. The first-order valence-electron chi connectivity index (χ1n) is 7.86. The van der Waals surface area contributed by atoms with Crippen LogP contribution in [0.25, 0.3) is 0 Å². The van der Waals surface area contributed by atoms with E-state index in [0.29, 0.717) is 12.5 Å². The summed E-state index contributed by atoms with van der Waals surface area (Å²) in [6, 6.07) is 4.29. The van der Waals surface area contributed by atoms with Gasteiger partial charge in [0.1, 0.15) is 5.69 Å². The van der Waals surface area contributed by atoms with Crippen LogP contribution in [-0.4, -0.2) is 40.8 Å². The fourth-order valence-electron chi connectivity index (χ4n) is 3.37. The third-order valence-electron chi connectivity index (χ3n) is 5.23. The summed E-state index contributed by atoms with van der Waals surface area (Å²) >= 11 is 0. The maximum atomic E-state index is 12.5. The van der Waals surface area contributed by atoms with E-state index in [1.54, 1.807) is 0 Å². The van der Waals surface area contributed by atoms with Crippen molar-refractivity contribution in [3.05, 3.63) is 24.0 Å². The fourth-order valence-corrected chi connectivity index (χ4v) is 3.37. The lowest BCUT2D eigenvalue weighted by Crippen LogP contribution is -2.61. The normalized spacial score (nSPS) is 28.9. The molecule has 0 spiro atoms. The number of hydrogen-bond acceptors (Lipinski definition) is 3. The fraction of sp³-hybridized carbons (Fsp3) is 0.688. The predicted molar refractivity (Wildman–Crippen MR) is 81.2 cm³/mol. The van der Waals surface area contributed by atoms with Crippen LogP contribution in [-0.2, 0) is 0 Å². The number of nitrogens with zero attached hydrogens (tertiary/aromatic N) is 1. The van der Waals surface area contributed by atoms with E-state index in [4.69, 9.17) is 0 Å². The van der Waals surface area contributed by atoms with Gasteiger partial charge in [0.05, 0.1) is 6.10 Å². The van der Waals surface area contributed by atoms with E-state index < -0.39 is 0 Å². The minimum absolute atomic E-state index is 0.0245. The summed E-state index contributed by atoms with van der Waals surface area (Å²) in [5.74, 6) is -0.0245. The molecular weight excluding hydrogens is 266 g/mol. The molecule has 116 valence electrons. The maximum absolute atomic E-state index is 12.5. The van der Waals surface area contributed by atoms with Crippen molar-refractivity contribution >= 4 is 5.91 Å². The van der Waals surface area contributed by atoms with E-state index in [0.717, 1.165) is 31.6 Å². The maximum Gasteiger partial charge on any atom is 0.268 e. The topological polar surface area (TPSA) is 66.3 Å². The quantitative estimate of drug-likeness (QED) is 0.786. The molecule has 1 amide bonds. The van der Waals surface area contributed by atoms with Crippen molar-refractivity contribution in [1.82, 2.24) is 15.2 Å². The first-order chi connectivity index (χ1) is 10.00. The highest BCUT2D eigenvalue weighted by Gasteiger charge is 2.48. The number of aromatic nitrogens is 1. The number of piperidine rings is 1. The standard InChI is InChI=1S/C16H25N3O2/c1-16(2)13(10-14(16)20)18-15(21)12-4-3-9-19(12)11-5-7-17-8-6-11/h3-4,9,11,13-14,17,20H,5-8,10H2,1-2H3,(H,18,21). The van der Waals surface area contributed by atoms with E-state index in [-0.39, 0.29) is 23.5 Å². The summed E-state index contributed by atoms with van der Waals surface area (Å²) in [7, 11) is 0. The van der Waals surface area contributed by atoms with Gasteiger partial charge in [0.2, 0.25) is 0 Å². The molecule has 0 radical (unpaired) electrons. The summed E-state index contributed by atoms with van der Waals surface area (Å²) in [6.07, 6.45) is 4.45. The number of rotatable bonds is 3. The number of amides is 1. The Bertz CT molecular complexity index is 517. The molecule has 5 heteroatoms. The second-order valence-electron chi connectivity index (χ2n) is 6.88. The summed E-state index contributed by atoms with van der Waals surface area (Å²) in [6.45, 7) is 6.01. The van der Waals surface area contributed by atoms with Gasteiger partial charge >= 0.3 is 0 Å². The van der Waals surface area contributed by atoms with E-state index in [9.17, 15) is 9.90 Å². The Labute approximate surface area is 125 Å². The van der Waals surface area contributed by atoms with Crippen LogP contribution in [0.15, 0.2) is 18.3 Å². The van der Waals surface area contributed by atoms with Crippen LogP contribution in [0.4, 0.5) is 0 Å². The molecule has 2 unspecified atom stereocenters. The van der Waals surface area contributed by atoms with Crippen LogP contribution < -0.4 is 10.6 Å². The predicted octanol–water partition coefficient (Wildman–Crippen LogP) is 1.30. The van der Waals surface area contributed by atoms with Gasteiger partial charge in [-0.25, -0.2) is 0 Å². The van der Waals surface area contributed by atoms with Crippen molar-refractivity contribution in [3.8, 4) is 0 Å². The number of nitrogens with one attached hydrogen (secondary N) is 2. The van der Waals surface area contributed by atoms with Crippen molar-refractivity contribution in [2.24, 2.45) is 5.41 Å². The monoisotopic (exact) mass is 291 g/mol. The van der Waals surface area contributed by atoms with Gasteiger partial charge in [-0.2, -0.15) is 0 Å². The third kappa shape index (κ3) is 2.60. The van der Waals surface area contributed by atoms with Crippen LogP contribution in [0, 0.1) is 5.41 Å². The number of aliphatic hydroxyl groups is 1. The number of aliphatic hydroxyl groups excluding tert-OH is 1. The number of carbonyl (C=O) groups is 1. The van der Waals surface area contributed by atoms with Crippen LogP contribution in [0.2, 0.25) is 0 Å². The summed E-state index contributed by atoms with van der Waals surface area (Å²) < 4.78 is 2.11. The summed E-state index contributed by atoms with van der Waals surface area (Å²) in [5, 5.41) is 16.2. The van der Waals surface area contributed by atoms with Crippen molar-refractivity contribution in [2.45, 2.75) is 51.3 Å². The Morgan fingerprint density at radius 2 is 2.14 bits per heavy atom. The van der Waals surface area contributed by atoms with Gasteiger partial charge < -0.3 is 20.3 Å². The van der Waals surface area contributed by atoms with E-state index in [1.807, 2.05) is 32.2 Å². The molecule has 1 aliphatic heterocycles. The molecule has 2 fully saturated rings. The average molecular weight is 291 g/mol. The molecule has 2 heterocycles. The molecule has 1 saturated heterocycles. The van der Waals surface area contributed by atoms with Crippen molar-refractivity contribution in [1.29, 1.82) is 0 Å². The third-order valence-corrected chi connectivity index (χ3v) is 5.23. The highest BCUT2D eigenvalue weighted by Crippen LogP contribution is 2.40. The molecule has 1 aromatic heterocycles. The zero-order chi connectivity index (χ0) is 15.0. The minimum atomic E-state index is -0.320. The zero-order valence-corrected chi connectivity index (χ0v) is 12.8. The molecule has 1 aliphatic carbocycles. The number of hydrogen-bond donors (Lipinski definition) is 3. The Hall–Kier alpha value is -1.33. The lowest BCUT2D eigenvalue weighted by Gasteiger charge is -2.49. The Kier molecular flexibility index (Phi) is 3.80. The van der Waals surface area contributed by atoms with Crippen molar-refractivity contribution < 1.29 is 9.90 Å². The van der Waals surface area contributed by atoms with Gasteiger partial charge in [-0.05, 0) is 44.5 Å². The van der Waals surface area contributed by atoms with Crippen molar-refractivity contribution in [2.75, 3.05) is 13.1 Å². The van der Waals surface area contributed by atoms with Crippen LogP contribution in [0.3, 0.4) is 0 Å². The lowest BCUT2D eigenvalue weighted by atomic mass is 9.64. The summed E-state index contributed by atoms with van der Waals surface area (Å²) in [5.41, 5.74) is 0.501. The smallest absolute Gasteiger partial charge is 0.268 e. The van der Waals surface area contributed by atoms with Gasteiger partial charge in [-0.3, -0.25) is 4.79 Å². The minimum Gasteiger partial charge on any atom is -0.392 e. The van der Waals surface area contributed by atoms with E-state index >= 15 is 0 Å². The van der Waals surface area contributed by atoms with Crippen molar-refractivity contribution in [3.63, 3.8) is 0 Å². The highest BCUT2D eigenvalue weighted by atomic mass is 16.3. The van der Waals surface area contributed by atoms with E-state index in [1.165, 1.54) is 0 Å². The Morgan fingerprint density at radius 3 is 2.76 bits per heavy atom. The molecule has 3 N–H and O–H groups in total. The molecular formula is C16H25N3O2. The molecule has 21 heavy (non-hydrogen) atoms. The molecule has 2 atom stereocenters. The van der Waals surface area contributed by atoms with Crippen LogP contribution in [0.1, 0.15) is 49.6 Å². The van der Waals surface area contributed by atoms with Crippen LogP contribution >= 0.6 is 0 Å². The first-order valence-corrected chi connectivity index (χ1v) is 7.86. The largest absolute Gasteiger partial charge is 0.392 e. The zero-order valence-electron chi connectivity index (χ0n) is 12.8. The molecule has 2 aliphatic rings. The Morgan fingerprint density at radius 1 is 1.43 bits per heavy atom. The highest BCUT2D eigenvalue weighted by molar-refractivity contribution is 5.93. The second kappa shape index (κ2) is 5.46. The molecule has 0 bridgehead atoms. The van der Waals surface area contributed by atoms with Gasteiger partial charge in [-0.1, -0.05) is 13.8 Å². The second-order valence-corrected chi connectivity index (χ2v) is 6.88. The average Bonchev–Trinajstić information content (AvgIpc) is 2.97. The van der Waals surface area contributed by atoms with E-state index in [2.05, 4.69) is 15.2 Å². The number of carbonyl (C=O) groups excluding carboxylic acids is 1. The van der Waals surface area contributed by atoms with Crippen LogP contribution in [0.5, 0.6) is 0 Å². The van der Waals surface area contributed by atoms with Gasteiger partial charge in [0.25, 0.3) is 5.91 Å². The summed E-state index contributed by atoms with van der Waals surface area (Å²) in [4.78, 5) is 12.5. The molecule has 0 aromatic carbocycles. The SMILES string of the molecule is CC1(C)C(O)CC1NC(=O)c1cccn1C1CCNCC1. The lowest BCUT2D eigenvalue weighted by molar-refractivity contribution is -0.0690. The Balaban J connectivity index is 1.69. The van der Waals surface area contributed by atoms with Gasteiger partial charge in [0, 0.05) is 23.7 Å². The van der Waals surface area contributed by atoms with Gasteiger partial charge in [-0.15, -0.1) is 0 Å². The molecule has 1 saturated carbocycles.